The van der Waals surface area contributed by atoms with E-state index in [1.165, 1.54) is 19.2 Å². The number of hydrogen-bond acceptors (Lipinski definition) is 8. The lowest BCUT2D eigenvalue weighted by Crippen LogP contribution is -2.33. The van der Waals surface area contributed by atoms with Gasteiger partial charge in [-0.15, -0.1) is 0 Å². The summed E-state index contributed by atoms with van der Waals surface area (Å²) >= 11 is 0. The number of nitrogens with one attached hydrogen (secondary N) is 2. The summed E-state index contributed by atoms with van der Waals surface area (Å²) in [7, 11) is 1.29. The molecule has 0 spiro atoms. The molecule has 0 aliphatic carbocycles. The van der Waals surface area contributed by atoms with Gasteiger partial charge in [-0.2, -0.15) is 10.2 Å². The number of carbonyl (C=O) groups is 4. The van der Waals surface area contributed by atoms with Crippen molar-refractivity contribution in [3.05, 3.63) is 23.3 Å². The first-order valence-corrected chi connectivity index (χ1v) is 6.43. The first kappa shape index (κ1) is 19.1. The predicted octanol–water partition coefficient (Wildman–Crippen LogP) is -2.73. The molecule has 1 aromatic carbocycles. The number of hydrazone groups is 2. The van der Waals surface area contributed by atoms with E-state index < -0.39 is 23.6 Å². The highest BCUT2D eigenvalue weighted by molar-refractivity contribution is 6.34. The van der Waals surface area contributed by atoms with Gasteiger partial charge in [0.1, 0.15) is 0 Å². The lowest BCUT2D eigenvalue weighted by atomic mass is 10.1. The van der Waals surface area contributed by atoms with Crippen molar-refractivity contribution in [1.29, 1.82) is 0 Å². The molecule has 12 heteroatoms. The quantitative estimate of drug-likeness (QED) is 0.217. The number of hydrogen-bond donors (Lipinski definition) is 5. The van der Waals surface area contributed by atoms with Crippen LogP contribution in [0, 0.1) is 0 Å². The summed E-state index contributed by atoms with van der Waals surface area (Å²) in [6, 6.07) is 2.73. The Balaban J connectivity index is 3.01. The number of ether oxygens (including phenoxy) is 1. The number of benzene rings is 1. The number of primary amides is 2. The SMILES string of the molecule is COc1cc(/C=N\NC(=O)C(N)=O)cc(/C=N/NC(=O)C(N)=O)c1O. The summed E-state index contributed by atoms with van der Waals surface area (Å²) in [5.74, 6) is -4.97. The molecule has 4 amide bonds. The van der Waals surface area contributed by atoms with Gasteiger partial charge in [0.15, 0.2) is 11.5 Å². The topological polar surface area (TPSA) is 199 Å². The predicted molar refractivity (Wildman–Crippen MR) is 84.5 cm³/mol. The zero-order valence-electron chi connectivity index (χ0n) is 12.8. The second kappa shape index (κ2) is 8.61. The Kier molecular flexibility index (Phi) is 6.58. The minimum absolute atomic E-state index is 0.0351. The molecule has 0 fully saturated rings. The van der Waals surface area contributed by atoms with Gasteiger partial charge < -0.3 is 21.3 Å². The van der Waals surface area contributed by atoms with Gasteiger partial charge in [0.05, 0.1) is 19.5 Å². The van der Waals surface area contributed by atoms with Crippen LogP contribution < -0.4 is 27.1 Å². The van der Waals surface area contributed by atoms with E-state index in [1.807, 2.05) is 10.9 Å². The lowest BCUT2D eigenvalue weighted by molar-refractivity contribution is -0.137. The van der Waals surface area contributed by atoms with Crippen molar-refractivity contribution in [2.24, 2.45) is 21.7 Å². The maximum Gasteiger partial charge on any atom is 0.329 e. The van der Waals surface area contributed by atoms with Crippen LogP contribution in [-0.4, -0.2) is 48.3 Å². The number of aromatic hydroxyl groups is 1. The Morgan fingerprint density at radius 3 is 2.04 bits per heavy atom. The van der Waals surface area contributed by atoms with Crippen LogP contribution in [0.5, 0.6) is 11.5 Å². The second-order valence-corrected chi connectivity index (χ2v) is 4.29. The van der Waals surface area contributed by atoms with E-state index in [2.05, 4.69) is 10.2 Å². The van der Waals surface area contributed by atoms with E-state index in [-0.39, 0.29) is 17.1 Å². The third-order valence-corrected chi connectivity index (χ3v) is 2.54. The molecule has 132 valence electrons. The Labute approximate surface area is 140 Å². The minimum atomic E-state index is -1.23. The highest BCUT2D eigenvalue weighted by Gasteiger charge is 2.10. The third-order valence-electron chi connectivity index (χ3n) is 2.54. The molecule has 12 nitrogen and oxygen atoms in total. The third kappa shape index (κ3) is 5.63. The highest BCUT2D eigenvalue weighted by atomic mass is 16.5. The number of phenols is 1. The Morgan fingerprint density at radius 1 is 1.04 bits per heavy atom. The summed E-state index contributed by atoms with van der Waals surface area (Å²) in [4.78, 5) is 43.1. The fraction of sp³-hybridized carbons (Fsp3) is 0.0769. The maximum atomic E-state index is 11.0. The second-order valence-electron chi connectivity index (χ2n) is 4.29. The van der Waals surface area contributed by atoms with E-state index >= 15 is 0 Å². The number of carbonyl (C=O) groups excluding carboxylic acids is 4. The summed E-state index contributed by atoms with van der Waals surface area (Å²) < 4.78 is 4.96. The summed E-state index contributed by atoms with van der Waals surface area (Å²) in [6.45, 7) is 0. The molecule has 0 atom stereocenters. The molecule has 0 heterocycles. The van der Waals surface area contributed by atoms with Crippen LogP contribution in [-0.2, 0) is 19.2 Å². The lowest BCUT2D eigenvalue weighted by Gasteiger charge is -2.07. The van der Waals surface area contributed by atoms with Crippen LogP contribution in [0.25, 0.3) is 0 Å². The molecule has 1 rings (SSSR count). The molecule has 0 aromatic heterocycles. The van der Waals surface area contributed by atoms with Crippen molar-refractivity contribution in [3.8, 4) is 11.5 Å². The van der Waals surface area contributed by atoms with Gasteiger partial charge in [-0.25, -0.2) is 10.9 Å². The minimum Gasteiger partial charge on any atom is -0.504 e. The van der Waals surface area contributed by atoms with Gasteiger partial charge in [-0.1, -0.05) is 0 Å². The van der Waals surface area contributed by atoms with Crippen LogP contribution in [0.3, 0.4) is 0 Å². The summed E-state index contributed by atoms with van der Waals surface area (Å²) in [6.07, 6.45) is 2.17. The van der Waals surface area contributed by atoms with Crippen molar-refractivity contribution < 1.29 is 29.0 Å². The molecule has 0 aliphatic heterocycles. The number of rotatable bonds is 5. The van der Waals surface area contributed by atoms with E-state index in [0.717, 1.165) is 12.4 Å². The maximum absolute atomic E-state index is 11.0. The molecule has 0 unspecified atom stereocenters. The van der Waals surface area contributed by atoms with Crippen LogP contribution in [0.2, 0.25) is 0 Å². The molecule has 0 saturated heterocycles. The fourth-order valence-corrected chi connectivity index (χ4v) is 1.42. The van der Waals surface area contributed by atoms with Crippen molar-refractivity contribution in [1.82, 2.24) is 10.9 Å². The van der Waals surface area contributed by atoms with Crippen molar-refractivity contribution in [2.45, 2.75) is 0 Å². The largest absolute Gasteiger partial charge is 0.504 e. The first-order chi connectivity index (χ1) is 11.8. The average Bonchev–Trinajstić information content (AvgIpc) is 2.56. The van der Waals surface area contributed by atoms with Crippen LogP contribution in [0.15, 0.2) is 22.3 Å². The van der Waals surface area contributed by atoms with Crippen LogP contribution >= 0.6 is 0 Å². The summed E-state index contributed by atoms with van der Waals surface area (Å²) in [5.41, 5.74) is 13.6. The Morgan fingerprint density at radius 2 is 1.56 bits per heavy atom. The molecule has 7 N–H and O–H groups in total. The zero-order chi connectivity index (χ0) is 19.0. The zero-order valence-corrected chi connectivity index (χ0v) is 12.8. The smallest absolute Gasteiger partial charge is 0.329 e. The van der Waals surface area contributed by atoms with Gasteiger partial charge in [-0.3, -0.25) is 19.2 Å². The standard InChI is InChI=1S/C13H14N6O6/c1-25-8-3-6(4-16-18-12(23)10(14)21)2-7(9(8)20)5-17-19-13(24)11(15)22/h2-5,20H,1H3,(H2,14,21)(H2,15,22)(H,18,23)(H,19,24)/b16-4-,17-5+. The van der Waals surface area contributed by atoms with Crippen molar-refractivity contribution in [2.75, 3.05) is 7.11 Å². The number of nitrogens with zero attached hydrogens (tertiary/aromatic N) is 2. The van der Waals surface area contributed by atoms with E-state index in [0.29, 0.717) is 5.56 Å². The summed E-state index contributed by atoms with van der Waals surface area (Å²) in [5, 5.41) is 16.9. The number of nitrogens with two attached hydrogens (primary N) is 2. The van der Waals surface area contributed by atoms with E-state index in [4.69, 9.17) is 16.2 Å². The van der Waals surface area contributed by atoms with Crippen molar-refractivity contribution >= 4 is 36.1 Å². The van der Waals surface area contributed by atoms with Gasteiger partial charge in [-0.05, 0) is 17.7 Å². The molecule has 0 bridgehead atoms. The van der Waals surface area contributed by atoms with E-state index in [1.54, 1.807) is 0 Å². The first-order valence-electron chi connectivity index (χ1n) is 6.43. The number of amides is 4. The normalized spacial score (nSPS) is 10.6. The molecule has 0 saturated carbocycles. The molecular formula is C13H14N6O6. The molecule has 0 aliphatic rings. The van der Waals surface area contributed by atoms with Gasteiger partial charge in [0.2, 0.25) is 0 Å². The van der Waals surface area contributed by atoms with Gasteiger partial charge in [0.25, 0.3) is 0 Å². The average molecular weight is 350 g/mol. The Bertz CT molecular complexity index is 773. The molecular weight excluding hydrogens is 336 g/mol. The highest BCUT2D eigenvalue weighted by Crippen LogP contribution is 2.29. The number of methoxy groups -OCH3 is 1. The van der Waals surface area contributed by atoms with Crippen LogP contribution in [0.1, 0.15) is 11.1 Å². The number of phenolic OH excluding ortho intramolecular Hbond substituents is 1. The monoisotopic (exact) mass is 350 g/mol. The molecule has 0 radical (unpaired) electrons. The molecule has 1 aromatic rings. The van der Waals surface area contributed by atoms with Gasteiger partial charge >= 0.3 is 23.6 Å². The molecule has 25 heavy (non-hydrogen) atoms. The van der Waals surface area contributed by atoms with Crippen LogP contribution in [0.4, 0.5) is 0 Å². The Hall–Kier alpha value is -3.96. The van der Waals surface area contributed by atoms with Crippen molar-refractivity contribution in [3.63, 3.8) is 0 Å². The van der Waals surface area contributed by atoms with E-state index in [9.17, 15) is 24.3 Å². The fourth-order valence-electron chi connectivity index (χ4n) is 1.42. The van der Waals surface area contributed by atoms with Gasteiger partial charge in [0, 0.05) is 5.56 Å².